The molecule has 0 aliphatic carbocycles. The lowest BCUT2D eigenvalue weighted by Crippen LogP contribution is -2.18. The number of hydrogen-bond acceptors (Lipinski definition) is 3. The molecular weight excluding hydrogens is 226 g/mol. The van der Waals surface area contributed by atoms with E-state index in [1.807, 2.05) is 28.9 Å². The lowest BCUT2D eigenvalue weighted by molar-refractivity contribution is 0.386. The number of aryl methyl sites for hydroxylation is 1. The Balaban J connectivity index is 1.97. The van der Waals surface area contributed by atoms with E-state index in [-0.39, 0.29) is 0 Å². The molecule has 1 aliphatic heterocycles. The highest BCUT2D eigenvalue weighted by molar-refractivity contribution is 5.57. The molecule has 94 valence electrons. The summed E-state index contributed by atoms with van der Waals surface area (Å²) in [5, 5.41) is 4.58. The summed E-state index contributed by atoms with van der Waals surface area (Å²) in [5.41, 5.74) is 1.02. The molecule has 0 saturated heterocycles. The van der Waals surface area contributed by atoms with Gasteiger partial charge in [0.25, 0.3) is 0 Å². The molecule has 0 amide bonds. The van der Waals surface area contributed by atoms with Crippen molar-refractivity contribution in [3.63, 3.8) is 0 Å². The Morgan fingerprint density at radius 1 is 1.39 bits per heavy atom. The van der Waals surface area contributed by atoms with E-state index in [4.69, 9.17) is 4.74 Å². The lowest BCUT2D eigenvalue weighted by Gasteiger charge is -2.17. The molecule has 0 bridgehead atoms. The smallest absolute Gasteiger partial charge is 0.181 e. The van der Waals surface area contributed by atoms with Gasteiger partial charge in [0.2, 0.25) is 0 Å². The summed E-state index contributed by atoms with van der Waals surface area (Å²) >= 11 is 0. The summed E-state index contributed by atoms with van der Waals surface area (Å²) in [5.74, 6) is 3.46. The maximum Gasteiger partial charge on any atom is 0.181 e. The summed E-state index contributed by atoms with van der Waals surface area (Å²) in [7, 11) is 1.67. The summed E-state index contributed by atoms with van der Waals surface area (Å²) in [4.78, 5) is 4.64. The number of fused-ring (bicyclic) bond motifs is 1. The van der Waals surface area contributed by atoms with Gasteiger partial charge in [0.1, 0.15) is 11.6 Å². The molecule has 0 saturated carbocycles. The van der Waals surface area contributed by atoms with Gasteiger partial charge in [-0.25, -0.2) is 9.67 Å². The third kappa shape index (κ3) is 1.98. The van der Waals surface area contributed by atoms with Crippen molar-refractivity contribution in [2.24, 2.45) is 5.92 Å². The van der Waals surface area contributed by atoms with Crippen molar-refractivity contribution in [1.29, 1.82) is 0 Å². The van der Waals surface area contributed by atoms with Gasteiger partial charge in [0.15, 0.2) is 5.82 Å². The van der Waals surface area contributed by atoms with Crippen molar-refractivity contribution in [3.8, 4) is 17.1 Å². The van der Waals surface area contributed by atoms with Gasteiger partial charge >= 0.3 is 0 Å². The number of hydrogen-bond donors (Lipinski definition) is 0. The maximum atomic E-state index is 5.23. The van der Waals surface area contributed by atoms with Crippen LogP contribution in [0.1, 0.15) is 19.2 Å². The number of aromatic nitrogens is 3. The Bertz CT molecular complexity index is 562. The monoisotopic (exact) mass is 243 g/mol. The number of benzene rings is 1. The molecule has 4 heteroatoms. The SMILES string of the molecule is COc1cccc(-c2nc3n(n2)CCC(C)C3)c1. The van der Waals surface area contributed by atoms with E-state index in [0.717, 1.165) is 35.9 Å². The van der Waals surface area contributed by atoms with Gasteiger partial charge in [-0.1, -0.05) is 19.1 Å². The molecule has 0 fully saturated rings. The van der Waals surface area contributed by atoms with Crippen molar-refractivity contribution in [2.45, 2.75) is 26.3 Å². The average molecular weight is 243 g/mol. The first kappa shape index (κ1) is 11.3. The topological polar surface area (TPSA) is 39.9 Å². The van der Waals surface area contributed by atoms with Crippen LogP contribution in [-0.2, 0) is 13.0 Å². The van der Waals surface area contributed by atoms with Crippen LogP contribution in [0.2, 0.25) is 0 Å². The fourth-order valence-electron chi connectivity index (χ4n) is 2.35. The Morgan fingerprint density at radius 2 is 2.28 bits per heavy atom. The highest BCUT2D eigenvalue weighted by Crippen LogP contribution is 2.24. The Morgan fingerprint density at radius 3 is 3.11 bits per heavy atom. The third-order valence-corrected chi connectivity index (χ3v) is 3.44. The van der Waals surface area contributed by atoms with Gasteiger partial charge in [-0.3, -0.25) is 0 Å². The number of nitrogens with zero attached hydrogens (tertiary/aromatic N) is 3. The number of ether oxygens (including phenoxy) is 1. The third-order valence-electron chi connectivity index (χ3n) is 3.44. The largest absolute Gasteiger partial charge is 0.497 e. The molecule has 2 aromatic rings. The Hall–Kier alpha value is -1.84. The van der Waals surface area contributed by atoms with Gasteiger partial charge in [0, 0.05) is 18.5 Å². The minimum Gasteiger partial charge on any atom is -0.497 e. The minimum absolute atomic E-state index is 0.708. The van der Waals surface area contributed by atoms with Crippen LogP contribution in [-0.4, -0.2) is 21.9 Å². The quantitative estimate of drug-likeness (QED) is 0.813. The highest BCUT2D eigenvalue weighted by atomic mass is 16.5. The van der Waals surface area contributed by atoms with Crippen molar-refractivity contribution >= 4 is 0 Å². The van der Waals surface area contributed by atoms with Gasteiger partial charge in [-0.2, -0.15) is 5.10 Å². The van der Waals surface area contributed by atoms with E-state index in [2.05, 4.69) is 17.0 Å². The average Bonchev–Trinajstić information content (AvgIpc) is 2.81. The molecule has 1 aliphatic rings. The number of rotatable bonds is 2. The molecular formula is C14H17N3O. The molecule has 1 atom stereocenters. The summed E-state index contributed by atoms with van der Waals surface area (Å²) in [6, 6.07) is 7.90. The fourth-order valence-corrected chi connectivity index (χ4v) is 2.35. The minimum atomic E-state index is 0.708. The zero-order valence-electron chi connectivity index (χ0n) is 10.8. The Labute approximate surface area is 107 Å². The lowest BCUT2D eigenvalue weighted by atomic mass is 10.0. The van der Waals surface area contributed by atoms with Crippen LogP contribution in [0.4, 0.5) is 0 Å². The normalized spacial score (nSPS) is 18.4. The first-order valence-electron chi connectivity index (χ1n) is 6.34. The van der Waals surface area contributed by atoms with Crippen LogP contribution in [0.15, 0.2) is 24.3 Å². The molecule has 1 aromatic heterocycles. The number of methoxy groups -OCH3 is 1. The molecule has 2 heterocycles. The van der Waals surface area contributed by atoms with Crippen LogP contribution >= 0.6 is 0 Å². The summed E-state index contributed by atoms with van der Waals surface area (Å²) in [6.45, 7) is 3.25. The summed E-state index contributed by atoms with van der Waals surface area (Å²) in [6.07, 6.45) is 2.21. The second-order valence-corrected chi connectivity index (χ2v) is 4.90. The molecule has 0 N–H and O–H groups in total. The predicted octanol–water partition coefficient (Wildman–Crippen LogP) is 2.54. The second-order valence-electron chi connectivity index (χ2n) is 4.90. The molecule has 1 aromatic carbocycles. The van der Waals surface area contributed by atoms with Crippen LogP contribution in [0.5, 0.6) is 5.75 Å². The van der Waals surface area contributed by atoms with Crippen molar-refractivity contribution in [1.82, 2.24) is 14.8 Å². The van der Waals surface area contributed by atoms with Crippen LogP contribution < -0.4 is 4.74 Å². The molecule has 0 radical (unpaired) electrons. The fraction of sp³-hybridized carbons (Fsp3) is 0.429. The highest BCUT2D eigenvalue weighted by Gasteiger charge is 2.19. The molecule has 0 spiro atoms. The maximum absolute atomic E-state index is 5.23. The molecule has 18 heavy (non-hydrogen) atoms. The van der Waals surface area contributed by atoms with E-state index in [9.17, 15) is 0 Å². The first-order chi connectivity index (χ1) is 8.76. The van der Waals surface area contributed by atoms with Gasteiger partial charge in [0.05, 0.1) is 7.11 Å². The second kappa shape index (κ2) is 4.44. The molecule has 4 nitrogen and oxygen atoms in total. The van der Waals surface area contributed by atoms with E-state index >= 15 is 0 Å². The van der Waals surface area contributed by atoms with Crippen molar-refractivity contribution in [3.05, 3.63) is 30.1 Å². The van der Waals surface area contributed by atoms with E-state index in [0.29, 0.717) is 5.92 Å². The predicted molar refractivity (Wildman–Crippen MR) is 69.5 cm³/mol. The molecule has 3 rings (SSSR count). The van der Waals surface area contributed by atoms with E-state index < -0.39 is 0 Å². The van der Waals surface area contributed by atoms with Crippen molar-refractivity contribution < 1.29 is 4.74 Å². The van der Waals surface area contributed by atoms with Crippen molar-refractivity contribution in [2.75, 3.05) is 7.11 Å². The zero-order chi connectivity index (χ0) is 12.5. The van der Waals surface area contributed by atoms with Gasteiger partial charge < -0.3 is 4.74 Å². The van der Waals surface area contributed by atoms with E-state index in [1.54, 1.807) is 7.11 Å². The van der Waals surface area contributed by atoms with Crippen LogP contribution in [0.3, 0.4) is 0 Å². The zero-order valence-corrected chi connectivity index (χ0v) is 10.8. The van der Waals surface area contributed by atoms with Crippen LogP contribution in [0.25, 0.3) is 11.4 Å². The standard InChI is InChI=1S/C14H17N3O/c1-10-6-7-17-13(8-10)15-14(16-17)11-4-3-5-12(9-11)18-2/h3-5,9-10H,6-8H2,1-2H3. The van der Waals surface area contributed by atoms with Gasteiger partial charge in [-0.05, 0) is 24.5 Å². The first-order valence-corrected chi connectivity index (χ1v) is 6.34. The molecule has 1 unspecified atom stereocenters. The Kier molecular flexibility index (Phi) is 2.78. The van der Waals surface area contributed by atoms with Crippen LogP contribution in [0, 0.1) is 5.92 Å². The van der Waals surface area contributed by atoms with Gasteiger partial charge in [-0.15, -0.1) is 0 Å². The summed E-state index contributed by atoms with van der Waals surface area (Å²) < 4.78 is 7.27. The van der Waals surface area contributed by atoms with E-state index in [1.165, 1.54) is 6.42 Å².